The molecule has 0 aliphatic carbocycles. The van der Waals surface area contributed by atoms with Crippen LogP contribution in [0.3, 0.4) is 0 Å². The Labute approximate surface area is 73.7 Å². The van der Waals surface area contributed by atoms with Crippen LogP contribution in [-0.4, -0.2) is 45.4 Å². The molecule has 0 spiro atoms. The predicted molar refractivity (Wildman–Crippen MR) is 31.0 cm³/mol. The SMILES string of the molecule is O=P(O)(O)OCCl.[NaH]. The van der Waals surface area contributed by atoms with E-state index in [1.54, 1.807) is 0 Å². The molecule has 0 saturated carbocycles. The Kier molecular flexibility index (Phi) is 7.88. The Morgan fingerprint density at radius 1 is 1.62 bits per heavy atom. The summed E-state index contributed by atoms with van der Waals surface area (Å²) in [4.78, 5) is 15.6. The fourth-order valence-corrected chi connectivity index (χ4v) is 0.572. The molecule has 0 aliphatic heterocycles. The van der Waals surface area contributed by atoms with E-state index in [1.807, 2.05) is 0 Å². The van der Waals surface area contributed by atoms with Crippen molar-refractivity contribution in [1.29, 1.82) is 0 Å². The van der Waals surface area contributed by atoms with E-state index in [9.17, 15) is 4.57 Å². The van der Waals surface area contributed by atoms with Crippen molar-refractivity contribution in [2.24, 2.45) is 0 Å². The van der Waals surface area contributed by atoms with Crippen LogP contribution in [0.25, 0.3) is 0 Å². The van der Waals surface area contributed by atoms with Crippen LogP contribution in [0.5, 0.6) is 0 Å². The molecule has 0 radical (unpaired) electrons. The van der Waals surface area contributed by atoms with Crippen LogP contribution in [0, 0.1) is 0 Å². The first-order chi connectivity index (χ1) is 3.06. The van der Waals surface area contributed by atoms with Gasteiger partial charge in [0, 0.05) is 0 Å². The summed E-state index contributed by atoms with van der Waals surface area (Å²) in [7, 11) is -4.30. The van der Waals surface area contributed by atoms with Crippen LogP contribution in [0.1, 0.15) is 0 Å². The van der Waals surface area contributed by atoms with E-state index in [2.05, 4.69) is 4.52 Å². The third-order valence-electron chi connectivity index (χ3n) is 0.217. The van der Waals surface area contributed by atoms with Gasteiger partial charge in [-0.25, -0.2) is 4.57 Å². The first-order valence-electron chi connectivity index (χ1n) is 1.32. The molecule has 4 nitrogen and oxygen atoms in total. The van der Waals surface area contributed by atoms with Gasteiger partial charge in [-0.2, -0.15) is 0 Å². The summed E-state index contributed by atoms with van der Waals surface area (Å²) >= 11 is 4.77. The molecule has 0 aromatic rings. The molecule has 8 heavy (non-hydrogen) atoms. The molecular weight excluding hydrogens is 165 g/mol. The van der Waals surface area contributed by atoms with Crippen LogP contribution >= 0.6 is 19.4 Å². The molecule has 0 atom stereocenters. The van der Waals surface area contributed by atoms with E-state index in [1.165, 1.54) is 0 Å². The van der Waals surface area contributed by atoms with Gasteiger partial charge in [0.1, 0.15) is 6.07 Å². The third kappa shape index (κ3) is 10.4. The van der Waals surface area contributed by atoms with E-state index in [0.717, 1.165) is 0 Å². The number of hydrogen-bond acceptors (Lipinski definition) is 2. The number of phosphoric ester groups is 1. The van der Waals surface area contributed by atoms with Crippen molar-refractivity contribution < 1.29 is 18.9 Å². The third-order valence-corrected chi connectivity index (χ3v) is 0.944. The Morgan fingerprint density at radius 3 is 2.00 bits per heavy atom. The average Bonchev–Trinajstić information content (AvgIpc) is 1.30. The van der Waals surface area contributed by atoms with Gasteiger partial charge in [-0.1, -0.05) is 11.6 Å². The van der Waals surface area contributed by atoms with Crippen LogP contribution in [0.15, 0.2) is 0 Å². The van der Waals surface area contributed by atoms with Crippen LogP contribution < -0.4 is 0 Å². The number of alkyl halides is 1. The molecular formula is CH5ClNaO4P. The van der Waals surface area contributed by atoms with Crippen molar-refractivity contribution in [2.75, 3.05) is 6.07 Å². The Balaban J connectivity index is 0. The summed E-state index contributed by atoms with van der Waals surface area (Å²) in [5.74, 6) is 0. The van der Waals surface area contributed by atoms with Crippen molar-refractivity contribution in [1.82, 2.24) is 0 Å². The van der Waals surface area contributed by atoms with Crippen LogP contribution in [-0.2, 0) is 9.09 Å². The number of phosphoric acid groups is 1. The Morgan fingerprint density at radius 2 is 2.00 bits per heavy atom. The van der Waals surface area contributed by atoms with Crippen LogP contribution in [0.4, 0.5) is 0 Å². The zero-order valence-corrected chi connectivity index (χ0v) is 4.89. The van der Waals surface area contributed by atoms with Gasteiger partial charge in [0.25, 0.3) is 0 Å². The van der Waals surface area contributed by atoms with Gasteiger partial charge in [0.15, 0.2) is 0 Å². The monoisotopic (exact) mass is 170 g/mol. The van der Waals surface area contributed by atoms with E-state index in [-0.39, 0.29) is 29.6 Å². The minimum atomic E-state index is -4.30. The molecule has 0 unspecified atom stereocenters. The van der Waals surface area contributed by atoms with Crippen molar-refractivity contribution in [3.05, 3.63) is 0 Å². The molecule has 7 heteroatoms. The van der Waals surface area contributed by atoms with Gasteiger partial charge in [0.2, 0.25) is 0 Å². The first-order valence-corrected chi connectivity index (χ1v) is 3.39. The normalized spacial score (nSPS) is 10.4. The predicted octanol–water partition coefficient (Wildman–Crippen LogP) is -0.357. The fourth-order valence-electron chi connectivity index (χ4n) is 0.0636. The molecule has 0 bridgehead atoms. The molecule has 0 aromatic carbocycles. The molecule has 0 rings (SSSR count). The average molecular weight is 170 g/mol. The topological polar surface area (TPSA) is 66.8 Å². The van der Waals surface area contributed by atoms with Crippen LogP contribution in [0.2, 0.25) is 0 Å². The summed E-state index contributed by atoms with van der Waals surface area (Å²) in [5, 5.41) is 0. The second kappa shape index (κ2) is 5.21. The fraction of sp³-hybridized carbons (Fsp3) is 1.00. The molecule has 0 fully saturated rings. The summed E-state index contributed by atoms with van der Waals surface area (Å²) < 4.78 is 13.3. The van der Waals surface area contributed by atoms with Crippen molar-refractivity contribution in [2.45, 2.75) is 0 Å². The van der Waals surface area contributed by atoms with Gasteiger partial charge in [-0.3, -0.25) is 4.52 Å². The number of hydrogen-bond donors (Lipinski definition) is 2. The Bertz CT molecular complexity index is 90.0. The van der Waals surface area contributed by atoms with Crippen molar-refractivity contribution >= 4 is 49.0 Å². The second-order valence-corrected chi connectivity index (χ2v) is 2.19. The molecule has 0 saturated heterocycles. The summed E-state index contributed by atoms with van der Waals surface area (Å²) in [6.45, 7) is 0. The second-order valence-electron chi connectivity index (χ2n) is 0.729. The molecule has 0 aliphatic rings. The molecule has 0 aromatic heterocycles. The summed E-state index contributed by atoms with van der Waals surface area (Å²) in [5.41, 5.74) is 0. The molecule has 0 heterocycles. The number of halogens is 1. The van der Waals surface area contributed by atoms with Gasteiger partial charge in [-0.15, -0.1) is 0 Å². The van der Waals surface area contributed by atoms with Gasteiger partial charge < -0.3 is 9.79 Å². The van der Waals surface area contributed by atoms with Gasteiger partial charge in [-0.05, 0) is 0 Å². The summed E-state index contributed by atoms with van der Waals surface area (Å²) in [6.07, 6.45) is 0. The standard InChI is InChI=1S/CH4ClO4P.Na.H/c2-1-6-7(3,4)5;;/h1H2,(H2,3,4,5);;. The Hall–Kier alpha value is 1.40. The zero-order valence-electron chi connectivity index (χ0n) is 3.24. The first kappa shape index (κ1) is 12.1. The maximum atomic E-state index is 9.62. The minimum absolute atomic E-state index is 0. The van der Waals surface area contributed by atoms with Gasteiger partial charge in [0.05, 0.1) is 0 Å². The van der Waals surface area contributed by atoms with Crippen molar-refractivity contribution in [3.8, 4) is 0 Å². The van der Waals surface area contributed by atoms with Crippen molar-refractivity contribution in [3.63, 3.8) is 0 Å². The summed E-state index contributed by atoms with van der Waals surface area (Å²) in [6, 6.07) is -0.482. The zero-order chi connectivity index (χ0) is 5.91. The van der Waals surface area contributed by atoms with E-state index in [0.29, 0.717) is 0 Å². The quantitative estimate of drug-likeness (QED) is 0.338. The van der Waals surface area contributed by atoms with E-state index < -0.39 is 13.9 Å². The van der Waals surface area contributed by atoms with E-state index >= 15 is 0 Å². The maximum absolute atomic E-state index is 9.62. The van der Waals surface area contributed by atoms with E-state index in [4.69, 9.17) is 21.4 Å². The number of rotatable bonds is 2. The van der Waals surface area contributed by atoms with Gasteiger partial charge >= 0.3 is 37.4 Å². The molecule has 46 valence electrons. The molecule has 0 amide bonds. The molecule has 2 N–H and O–H groups in total.